The molecule has 0 radical (unpaired) electrons. The van der Waals surface area contributed by atoms with E-state index in [0.29, 0.717) is 5.88 Å². The molecule has 1 aromatic carbocycles. The molecule has 0 bridgehead atoms. The van der Waals surface area contributed by atoms with Crippen molar-refractivity contribution in [2.45, 2.75) is 25.9 Å². The maximum Gasteiger partial charge on any atom is 0.215 e. The SMILES string of the molecule is C1=Cc2ccc(OCCCCN3CCN(c4cccc5c4COCC5)CC3)nc2NC1. The fraction of sp³-hybridized carbons (Fsp3) is 0.480. The van der Waals surface area contributed by atoms with E-state index < -0.39 is 0 Å². The Morgan fingerprint density at radius 3 is 2.94 bits per heavy atom. The number of unbranched alkanes of at least 4 members (excludes halogenated alkanes) is 1. The third-order valence-electron chi connectivity index (χ3n) is 6.43. The van der Waals surface area contributed by atoms with Crippen LogP contribution in [0.15, 0.2) is 36.4 Å². The Morgan fingerprint density at radius 2 is 2.00 bits per heavy atom. The molecule has 0 atom stereocenters. The van der Waals surface area contributed by atoms with Crippen LogP contribution in [-0.4, -0.2) is 62.4 Å². The van der Waals surface area contributed by atoms with E-state index >= 15 is 0 Å². The first-order valence-corrected chi connectivity index (χ1v) is 11.6. The van der Waals surface area contributed by atoms with Gasteiger partial charge in [-0.1, -0.05) is 24.3 Å². The van der Waals surface area contributed by atoms with Gasteiger partial charge in [0.25, 0.3) is 0 Å². The van der Waals surface area contributed by atoms with Crippen molar-refractivity contribution in [3.8, 4) is 5.88 Å². The maximum atomic E-state index is 5.88. The van der Waals surface area contributed by atoms with E-state index in [9.17, 15) is 0 Å². The second kappa shape index (κ2) is 9.71. The predicted molar refractivity (Wildman–Crippen MR) is 125 cm³/mol. The fourth-order valence-corrected chi connectivity index (χ4v) is 4.65. The maximum absolute atomic E-state index is 5.88. The summed E-state index contributed by atoms with van der Waals surface area (Å²) >= 11 is 0. The molecule has 2 aromatic rings. The van der Waals surface area contributed by atoms with Crippen molar-refractivity contribution in [1.82, 2.24) is 9.88 Å². The lowest BCUT2D eigenvalue weighted by molar-refractivity contribution is 0.111. The lowest BCUT2D eigenvalue weighted by Crippen LogP contribution is -2.47. The summed E-state index contributed by atoms with van der Waals surface area (Å²) in [5.74, 6) is 1.63. The summed E-state index contributed by atoms with van der Waals surface area (Å²) in [6.07, 6.45) is 7.45. The van der Waals surface area contributed by atoms with E-state index in [1.165, 1.54) is 16.8 Å². The number of nitrogens with zero attached hydrogens (tertiary/aromatic N) is 3. The Hall–Kier alpha value is -2.57. The van der Waals surface area contributed by atoms with E-state index in [1.54, 1.807) is 0 Å². The highest BCUT2D eigenvalue weighted by molar-refractivity contribution is 5.67. The number of hydrogen-bond donors (Lipinski definition) is 1. The zero-order valence-electron chi connectivity index (χ0n) is 18.2. The van der Waals surface area contributed by atoms with Crippen LogP contribution in [0.25, 0.3) is 6.08 Å². The standard InChI is InChI=1S/C25H32N4O2/c1(2-17-31-24-9-8-21-6-4-11-26-25(21)27-24)12-28-13-15-29(16-14-28)23-7-3-5-20-10-18-30-19-22(20)23/h3-9H,1-2,10-19H2,(H,26,27). The van der Waals surface area contributed by atoms with E-state index in [-0.39, 0.29) is 0 Å². The van der Waals surface area contributed by atoms with Gasteiger partial charge >= 0.3 is 0 Å². The third-order valence-corrected chi connectivity index (χ3v) is 6.43. The molecular weight excluding hydrogens is 388 g/mol. The molecule has 164 valence electrons. The van der Waals surface area contributed by atoms with E-state index in [1.807, 2.05) is 6.07 Å². The number of benzene rings is 1. The number of piperazine rings is 1. The minimum absolute atomic E-state index is 0.713. The van der Waals surface area contributed by atoms with Gasteiger partial charge in [0.2, 0.25) is 5.88 Å². The molecule has 6 heteroatoms. The van der Waals surface area contributed by atoms with Gasteiger partial charge in [0.15, 0.2) is 0 Å². The molecular formula is C25H32N4O2. The Kier molecular flexibility index (Phi) is 6.37. The number of nitrogens with one attached hydrogen (secondary N) is 1. The molecule has 4 heterocycles. The van der Waals surface area contributed by atoms with Crippen LogP contribution < -0.4 is 15.0 Å². The van der Waals surface area contributed by atoms with Crippen LogP contribution in [0.3, 0.4) is 0 Å². The van der Waals surface area contributed by atoms with Gasteiger partial charge < -0.3 is 19.7 Å². The Balaban J connectivity index is 1.03. The van der Waals surface area contributed by atoms with Crippen molar-refractivity contribution in [2.24, 2.45) is 0 Å². The van der Waals surface area contributed by atoms with Gasteiger partial charge in [0.1, 0.15) is 5.82 Å². The molecule has 0 amide bonds. The smallest absolute Gasteiger partial charge is 0.215 e. The Morgan fingerprint density at radius 1 is 1.06 bits per heavy atom. The van der Waals surface area contributed by atoms with E-state index in [2.05, 4.69) is 56.5 Å². The summed E-state index contributed by atoms with van der Waals surface area (Å²) in [4.78, 5) is 9.68. The number of ether oxygens (including phenoxy) is 2. The zero-order valence-corrected chi connectivity index (χ0v) is 18.2. The van der Waals surface area contributed by atoms with Crippen molar-refractivity contribution < 1.29 is 9.47 Å². The van der Waals surface area contributed by atoms with Crippen molar-refractivity contribution in [1.29, 1.82) is 0 Å². The normalized spacial score (nSPS) is 18.3. The van der Waals surface area contributed by atoms with Gasteiger partial charge in [-0.15, -0.1) is 0 Å². The van der Waals surface area contributed by atoms with Crippen LogP contribution in [0, 0.1) is 0 Å². The summed E-state index contributed by atoms with van der Waals surface area (Å²) in [6.45, 7) is 8.73. The first-order chi connectivity index (χ1) is 15.4. The number of anilines is 2. The summed E-state index contributed by atoms with van der Waals surface area (Å²) in [6, 6.07) is 10.8. The van der Waals surface area contributed by atoms with Crippen LogP contribution in [0.5, 0.6) is 5.88 Å². The highest BCUT2D eigenvalue weighted by atomic mass is 16.5. The largest absolute Gasteiger partial charge is 0.478 e. The van der Waals surface area contributed by atoms with Gasteiger partial charge in [0, 0.05) is 55.6 Å². The van der Waals surface area contributed by atoms with Crippen LogP contribution in [-0.2, 0) is 17.8 Å². The molecule has 1 saturated heterocycles. The molecule has 6 nitrogen and oxygen atoms in total. The molecule has 31 heavy (non-hydrogen) atoms. The van der Waals surface area contributed by atoms with Crippen LogP contribution >= 0.6 is 0 Å². The number of pyridine rings is 1. The second-order valence-corrected chi connectivity index (χ2v) is 8.47. The van der Waals surface area contributed by atoms with Gasteiger partial charge in [-0.25, -0.2) is 0 Å². The minimum atomic E-state index is 0.713. The number of aromatic nitrogens is 1. The van der Waals surface area contributed by atoms with Crippen LogP contribution in [0.2, 0.25) is 0 Å². The summed E-state index contributed by atoms with van der Waals surface area (Å²) in [7, 11) is 0. The average Bonchev–Trinajstić information content (AvgIpc) is 2.84. The molecule has 5 rings (SSSR count). The molecule has 0 unspecified atom stereocenters. The zero-order chi connectivity index (χ0) is 20.9. The van der Waals surface area contributed by atoms with Gasteiger partial charge in [-0.3, -0.25) is 4.90 Å². The molecule has 0 spiro atoms. The molecule has 1 fully saturated rings. The summed E-state index contributed by atoms with van der Waals surface area (Å²) < 4.78 is 11.6. The van der Waals surface area contributed by atoms with Gasteiger partial charge in [-0.2, -0.15) is 4.98 Å². The quantitative estimate of drug-likeness (QED) is 0.691. The number of fused-ring (bicyclic) bond motifs is 2. The van der Waals surface area contributed by atoms with Crippen molar-refractivity contribution >= 4 is 17.6 Å². The minimum Gasteiger partial charge on any atom is -0.478 e. The number of rotatable bonds is 7. The van der Waals surface area contributed by atoms with Crippen LogP contribution in [0.4, 0.5) is 11.5 Å². The molecule has 1 N–H and O–H groups in total. The first-order valence-electron chi connectivity index (χ1n) is 11.6. The Labute approximate surface area is 184 Å². The average molecular weight is 421 g/mol. The van der Waals surface area contributed by atoms with Crippen molar-refractivity contribution in [2.75, 3.05) is 62.7 Å². The molecule has 3 aliphatic heterocycles. The van der Waals surface area contributed by atoms with Gasteiger partial charge in [-0.05, 0) is 43.5 Å². The second-order valence-electron chi connectivity index (χ2n) is 8.47. The van der Waals surface area contributed by atoms with Crippen LogP contribution in [0.1, 0.15) is 29.5 Å². The first kappa shape index (κ1) is 20.3. The fourth-order valence-electron chi connectivity index (χ4n) is 4.65. The Bertz CT molecular complexity index is 922. The van der Waals surface area contributed by atoms with E-state index in [0.717, 1.165) is 89.7 Å². The predicted octanol–water partition coefficient (Wildman–Crippen LogP) is 3.57. The molecule has 0 saturated carbocycles. The summed E-state index contributed by atoms with van der Waals surface area (Å²) in [5.41, 5.74) is 5.38. The lowest BCUT2D eigenvalue weighted by atomic mass is 10.0. The monoisotopic (exact) mass is 420 g/mol. The summed E-state index contributed by atoms with van der Waals surface area (Å²) in [5, 5.41) is 3.28. The third kappa shape index (κ3) is 4.86. The van der Waals surface area contributed by atoms with Crippen molar-refractivity contribution in [3.05, 3.63) is 53.1 Å². The number of hydrogen-bond acceptors (Lipinski definition) is 6. The highest BCUT2D eigenvalue weighted by Crippen LogP contribution is 2.29. The topological polar surface area (TPSA) is 49.9 Å². The molecule has 1 aromatic heterocycles. The molecule has 3 aliphatic rings. The van der Waals surface area contributed by atoms with E-state index in [4.69, 9.17) is 9.47 Å². The van der Waals surface area contributed by atoms with Gasteiger partial charge in [0.05, 0.1) is 19.8 Å². The van der Waals surface area contributed by atoms with Crippen molar-refractivity contribution in [3.63, 3.8) is 0 Å². The molecule has 0 aliphatic carbocycles. The highest BCUT2D eigenvalue weighted by Gasteiger charge is 2.21. The lowest BCUT2D eigenvalue weighted by Gasteiger charge is -2.37.